The summed E-state index contributed by atoms with van der Waals surface area (Å²) in [4.78, 5) is 15.3. The largest absolute Gasteiger partial charge is 0.358 e. The molecule has 0 bridgehead atoms. The van der Waals surface area contributed by atoms with E-state index in [9.17, 15) is 4.79 Å². The van der Waals surface area contributed by atoms with Gasteiger partial charge in [0.15, 0.2) is 0 Å². The Kier molecular flexibility index (Phi) is 3.19. The van der Waals surface area contributed by atoms with Crippen LogP contribution in [0.3, 0.4) is 0 Å². The highest BCUT2D eigenvalue weighted by Gasteiger charge is 2.48. The van der Waals surface area contributed by atoms with E-state index < -0.39 is 5.66 Å². The van der Waals surface area contributed by atoms with Crippen molar-refractivity contribution in [1.82, 2.24) is 4.90 Å². The molecule has 1 spiro atoms. The van der Waals surface area contributed by atoms with Gasteiger partial charge in [0.1, 0.15) is 5.66 Å². The molecule has 4 rings (SSSR count). The highest BCUT2D eigenvalue weighted by molar-refractivity contribution is 6.02. The van der Waals surface area contributed by atoms with Crippen LogP contribution in [0.1, 0.15) is 48.2 Å². The van der Waals surface area contributed by atoms with Crippen molar-refractivity contribution in [2.75, 3.05) is 5.32 Å². The molecule has 1 heterocycles. The fraction of sp³-hybridized carbons (Fsp3) is 0.350. The molecule has 2 aromatic carbocycles. The summed E-state index contributed by atoms with van der Waals surface area (Å²) >= 11 is 0. The highest BCUT2D eigenvalue weighted by Crippen LogP contribution is 2.45. The first-order valence-corrected chi connectivity index (χ1v) is 8.43. The summed E-state index contributed by atoms with van der Waals surface area (Å²) in [7, 11) is 0. The van der Waals surface area contributed by atoms with Gasteiger partial charge in [-0.15, -0.1) is 0 Å². The maximum Gasteiger partial charge on any atom is 0.258 e. The van der Waals surface area contributed by atoms with Crippen molar-refractivity contribution in [3.8, 4) is 0 Å². The Balaban J connectivity index is 1.96. The van der Waals surface area contributed by atoms with Crippen LogP contribution < -0.4 is 5.32 Å². The molecule has 1 aliphatic carbocycles. The summed E-state index contributed by atoms with van der Waals surface area (Å²) in [6.45, 7) is 4.21. The Bertz CT molecular complexity index is 768. The molecular formula is C20H22N2O. The minimum Gasteiger partial charge on any atom is -0.358 e. The number of benzene rings is 2. The van der Waals surface area contributed by atoms with Gasteiger partial charge in [-0.25, -0.2) is 0 Å². The average molecular weight is 306 g/mol. The van der Waals surface area contributed by atoms with Crippen LogP contribution in [0, 0.1) is 0 Å². The van der Waals surface area contributed by atoms with E-state index in [1.165, 1.54) is 11.1 Å². The summed E-state index contributed by atoms with van der Waals surface area (Å²) in [5, 5.41) is 3.74. The second kappa shape index (κ2) is 5.12. The van der Waals surface area contributed by atoms with Crippen molar-refractivity contribution in [3.63, 3.8) is 0 Å². The lowest BCUT2D eigenvalue weighted by atomic mass is 9.79. The Morgan fingerprint density at radius 3 is 2.65 bits per heavy atom. The Morgan fingerprint density at radius 2 is 1.83 bits per heavy atom. The lowest BCUT2D eigenvalue weighted by Crippen LogP contribution is -2.61. The number of amides is 1. The SMILES string of the molecule is CC(C)N1C(=O)c2ccccc2NC12CCCc1ccccc12. The maximum atomic E-state index is 13.2. The number of carbonyl (C=O) groups is 1. The van der Waals surface area contributed by atoms with Crippen LogP contribution in [0.5, 0.6) is 0 Å². The molecule has 1 atom stereocenters. The number of carbonyl (C=O) groups excluding carboxylic acids is 1. The number of hydrogen-bond acceptors (Lipinski definition) is 2. The molecule has 1 amide bonds. The first-order chi connectivity index (χ1) is 11.1. The smallest absolute Gasteiger partial charge is 0.258 e. The Morgan fingerprint density at radius 1 is 1.09 bits per heavy atom. The quantitative estimate of drug-likeness (QED) is 0.858. The van der Waals surface area contributed by atoms with Crippen molar-refractivity contribution >= 4 is 11.6 Å². The summed E-state index contributed by atoms with van der Waals surface area (Å²) in [6.07, 6.45) is 3.12. The molecule has 3 heteroatoms. The van der Waals surface area contributed by atoms with Crippen LogP contribution in [-0.4, -0.2) is 16.8 Å². The molecule has 0 aromatic heterocycles. The van der Waals surface area contributed by atoms with Gasteiger partial charge in [0, 0.05) is 17.3 Å². The third kappa shape index (κ3) is 1.99. The first-order valence-electron chi connectivity index (χ1n) is 8.43. The molecule has 2 aromatic rings. The van der Waals surface area contributed by atoms with Gasteiger partial charge in [0.2, 0.25) is 0 Å². The van der Waals surface area contributed by atoms with E-state index in [1.54, 1.807) is 0 Å². The van der Waals surface area contributed by atoms with Crippen LogP contribution in [0.4, 0.5) is 5.69 Å². The third-order valence-corrected chi connectivity index (χ3v) is 5.09. The molecule has 2 aliphatic rings. The predicted octanol–water partition coefficient (Wildman–Crippen LogP) is 4.15. The second-order valence-corrected chi connectivity index (χ2v) is 6.81. The standard InChI is InChI=1S/C20H22N2O/c1-14(2)22-19(23)16-10-4-6-12-18(16)21-20(22)13-7-9-15-8-3-5-11-17(15)20/h3-6,8,10-12,14,21H,7,9,13H2,1-2H3. The van der Waals surface area contributed by atoms with Crippen LogP contribution in [0.15, 0.2) is 48.5 Å². The molecule has 118 valence electrons. The highest BCUT2D eigenvalue weighted by atomic mass is 16.2. The topological polar surface area (TPSA) is 32.3 Å². The van der Waals surface area contributed by atoms with E-state index in [1.807, 2.05) is 29.2 Å². The lowest BCUT2D eigenvalue weighted by molar-refractivity contribution is 0.0331. The van der Waals surface area contributed by atoms with Gasteiger partial charge in [0.25, 0.3) is 5.91 Å². The number of nitrogens with one attached hydrogen (secondary N) is 1. The lowest BCUT2D eigenvalue weighted by Gasteiger charge is -2.53. The van der Waals surface area contributed by atoms with Crippen LogP contribution in [0.2, 0.25) is 0 Å². The fourth-order valence-electron chi connectivity index (χ4n) is 4.23. The van der Waals surface area contributed by atoms with E-state index in [4.69, 9.17) is 0 Å². The monoisotopic (exact) mass is 306 g/mol. The summed E-state index contributed by atoms with van der Waals surface area (Å²) in [5.74, 6) is 0.131. The van der Waals surface area contributed by atoms with Crippen molar-refractivity contribution in [2.24, 2.45) is 0 Å². The van der Waals surface area contributed by atoms with Gasteiger partial charge in [-0.05, 0) is 50.8 Å². The summed E-state index contributed by atoms with van der Waals surface area (Å²) in [5.41, 5.74) is 3.90. The molecule has 1 aliphatic heterocycles. The number of hydrogen-bond donors (Lipinski definition) is 1. The van der Waals surface area contributed by atoms with Gasteiger partial charge < -0.3 is 10.2 Å². The molecular weight excluding hydrogens is 284 g/mol. The van der Waals surface area contributed by atoms with E-state index in [0.29, 0.717) is 0 Å². The minimum absolute atomic E-state index is 0.131. The van der Waals surface area contributed by atoms with E-state index >= 15 is 0 Å². The van der Waals surface area contributed by atoms with Crippen molar-refractivity contribution in [1.29, 1.82) is 0 Å². The zero-order valence-corrected chi connectivity index (χ0v) is 13.7. The summed E-state index contributed by atoms with van der Waals surface area (Å²) < 4.78 is 0. The molecule has 0 fully saturated rings. The van der Waals surface area contributed by atoms with Gasteiger partial charge in [-0.3, -0.25) is 4.79 Å². The molecule has 0 saturated heterocycles. The van der Waals surface area contributed by atoms with Crippen molar-refractivity contribution in [3.05, 3.63) is 65.2 Å². The first kappa shape index (κ1) is 14.3. The zero-order chi connectivity index (χ0) is 16.0. The minimum atomic E-state index is -0.422. The Labute approximate surface area is 137 Å². The average Bonchev–Trinajstić information content (AvgIpc) is 2.55. The van der Waals surface area contributed by atoms with E-state index in [2.05, 4.69) is 43.4 Å². The van der Waals surface area contributed by atoms with E-state index in [-0.39, 0.29) is 11.9 Å². The summed E-state index contributed by atoms with van der Waals surface area (Å²) in [6, 6.07) is 16.5. The number of aryl methyl sites for hydroxylation is 1. The normalized spacial score (nSPS) is 22.7. The molecule has 0 radical (unpaired) electrons. The predicted molar refractivity (Wildman–Crippen MR) is 92.4 cm³/mol. The number of para-hydroxylation sites is 1. The third-order valence-electron chi connectivity index (χ3n) is 5.09. The Hall–Kier alpha value is -2.29. The fourth-order valence-corrected chi connectivity index (χ4v) is 4.23. The maximum absolute atomic E-state index is 13.2. The van der Waals surface area contributed by atoms with Crippen molar-refractivity contribution < 1.29 is 4.79 Å². The molecule has 3 nitrogen and oxygen atoms in total. The number of rotatable bonds is 1. The zero-order valence-electron chi connectivity index (χ0n) is 13.7. The van der Waals surface area contributed by atoms with Crippen molar-refractivity contribution in [2.45, 2.75) is 44.8 Å². The number of nitrogens with zero attached hydrogens (tertiary/aromatic N) is 1. The molecule has 1 N–H and O–H groups in total. The van der Waals surface area contributed by atoms with Gasteiger partial charge in [-0.1, -0.05) is 36.4 Å². The van der Waals surface area contributed by atoms with E-state index in [0.717, 1.165) is 30.5 Å². The molecule has 0 saturated carbocycles. The van der Waals surface area contributed by atoms with Gasteiger partial charge in [0.05, 0.1) is 5.56 Å². The molecule has 23 heavy (non-hydrogen) atoms. The van der Waals surface area contributed by atoms with Crippen LogP contribution >= 0.6 is 0 Å². The number of fused-ring (bicyclic) bond motifs is 3. The van der Waals surface area contributed by atoms with Gasteiger partial charge in [-0.2, -0.15) is 0 Å². The molecule has 1 unspecified atom stereocenters. The van der Waals surface area contributed by atoms with Gasteiger partial charge >= 0.3 is 0 Å². The van der Waals surface area contributed by atoms with Crippen LogP contribution in [0.25, 0.3) is 0 Å². The number of anilines is 1. The van der Waals surface area contributed by atoms with Crippen LogP contribution in [-0.2, 0) is 12.1 Å². The second-order valence-electron chi connectivity index (χ2n) is 6.81.